The maximum atomic E-state index is 13.6. The van der Waals surface area contributed by atoms with E-state index >= 15 is 0 Å². The van der Waals surface area contributed by atoms with Crippen LogP contribution in [0, 0.1) is 5.92 Å². The second kappa shape index (κ2) is 29.4. The molecule has 0 bridgehead atoms. The first-order valence-corrected chi connectivity index (χ1v) is 19.3. The van der Waals surface area contributed by atoms with Gasteiger partial charge < -0.3 is 86.5 Å². The van der Waals surface area contributed by atoms with Gasteiger partial charge in [0, 0.05) is 13.1 Å². The summed E-state index contributed by atoms with van der Waals surface area (Å²) in [6.07, 6.45) is -0.00148. The highest BCUT2D eigenvalue weighted by atomic mass is 16.4. The zero-order valence-electron chi connectivity index (χ0n) is 34.7. The minimum atomic E-state index is -1.86. The number of carboxylic acid groups (broad SMARTS) is 2. The molecule has 0 unspecified atom stereocenters. The largest absolute Gasteiger partial charge is 0.481 e. The van der Waals surface area contributed by atoms with Crippen LogP contribution in [0.25, 0.3) is 0 Å². The van der Waals surface area contributed by atoms with Crippen molar-refractivity contribution >= 4 is 71.1 Å². The molecule has 0 spiro atoms. The van der Waals surface area contributed by atoms with Gasteiger partial charge in [0.15, 0.2) is 11.9 Å². The number of guanidine groups is 2. The van der Waals surface area contributed by atoms with Crippen LogP contribution < -0.4 is 71.2 Å². The number of nitrogens with zero attached hydrogens (tertiary/aromatic N) is 2. The van der Waals surface area contributed by atoms with Gasteiger partial charge in [-0.2, -0.15) is 0 Å². The summed E-state index contributed by atoms with van der Waals surface area (Å²) in [6, 6.07) is -8.45. The molecule has 0 saturated carbocycles. The van der Waals surface area contributed by atoms with Crippen molar-refractivity contribution in [3.8, 4) is 0 Å². The number of aliphatic hydroxyl groups excluding tert-OH is 1. The number of nitrogens with two attached hydrogens (primary N) is 5. The molecule has 7 atom stereocenters. The molecular formula is C34H61N15O13. The second-order valence-corrected chi connectivity index (χ2v) is 13.7. The fraction of sp³-hybridized carbons (Fsp3) is 0.647. The molecule has 21 N–H and O–H groups in total. The van der Waals surface area contributed by atoms with Crippen molar-refractivity contribution < 1.29 is 63.3 Å². The van der Waals surface area contributed by atoms with E-state index < -0.39 is 134 Å². The number of hydrogen-bond donors (Lipinski definition) is 16. The average Bonchev–Trinajstić information content (AvgIpc) is 3.20. The van der Waals surface area contributed by atoms with Gasteiger partial charge in [-0.05, 0) is 38.5 Å². The smallest absolute Gasteiger partial charge is 0.325 e. The Balaban J connectivity index is 5.74. The van der Waals surface area contributed by atoms with Gasteiger partial charge in [0.2, 0.25) is 47.3 Å². The van der Waals surface area contributed by atoms with E-state index in [-0.39, 0.29) is 44.3 Å². The molecule has 0 rings (SSSR count). The molecule has 28 nitrogen and oxygen atoms in total. The Kier molecular flexibility index (Phi) is 26.2. The molecule has 8 amide bonds. The minimum absolute atomic E-state index is 0.0279. The first kappa shape index (κ1) is 55.2. The zero-order valence-corrected chi connectivity index (χ0v) is 34.7. The van der Waals surface area contributed by atoms with Crippen LogP contribution in [0.1, 0.15) is 59.3 Å². The number of amides is 8. The summed E-state index contributed by atoms with van der Waals surface area (Å²) >= 11 is 0. The Hall–Kier alpha value is -6.84. The molecule has 62 heavy (non-hydrogen) atoms. The topological polar surface area (TPSA) is 482 Å². The lowest BCUT2D eigenvalue weighted by Gasteiger charge is -2.26. The van der Waals surface area contributed by atoms with Crippen LogP contribution in [0.2, 0.25) is 0 Å². The Morgan fingerprint density at radius 3 is 1.53 bits per heavy atom. The molecule has 0 saturated heterocycles. The molecule has 0 aliphatic carbocycles. The molecule has 0 fully saturated rings. The highest BCUT2D eigenvalue weighted by molar-refractivity contribution is 5.97. The number of carbonyl (C=O) groups excluding carboxylic acids is 8. The van der Waals surface area contributed by atoms with Gasteiger partial charge in [-0.25, -0.2) is 0 Å². The van der Waals surface area contributed by atoms with Gasteiger partial charge in [-0.3, -0.25) is 57.9 Å². The molecule has 350 valence electrons. The molecular weight excluding hydrogens is 826 g/mol. The number of carbonyl (C=O) groups is 10. The van der Waals surface area contributed by atoms with Crippen LogP contribution >= 0.6 is 0 Å². The average molecular weight is 888 g/mol. The van der Waals surface area contributed by atoms with Crippen molar-refractivity contribution in [2.75, 3.05) is 39.3 Å². The second-order valence-electron chi connectivity index (χ2n) is 13.7. The van der Waals surface area contributed by atoms with Crippen molar-refractivity contribution in [1.82, 2.24) is 42.5 Å². The minimum Gasteiger partial charge on any atom is -0.481 e. The third-order valence-corrected chi connectivity index (χ3v) is 8.56. The predicted octanol–water partition coefficient (Wildman–Crippen LogP) is -8.19. The predicted molar refractivity (Wildman–Crippen MR) is 219 cm³/mol. The molecule has 0 aliphatic rings. The summed E-state index contributed by atoms with van der Waals surface area (Å²) in [6.45, 7) is 1.63. The fourth-order valence-electron chi connectivity index (χ4n) is 4.94. The number of aliphatic imine (C=N–C) groups is 2. The maximum Gasteiger partial charge on any atom is 0.325 e. The number of aliphatic hydroxyl groups is 1. The van der Waals surface area contributed by atoms with Gasteiger partial charge in [0.05, 0.1) is 38.7 Å². The van der Waals surface area contributed by atoms with Crippen molar-refractivity contribution in [3.05, 3.63) is 0 Å². The Morgan fingerprint density at radius 2 is 1.05 bits per heavy atom. The van der Waals surface area contributed by atoms with Crippen LogP contribution in [0.5, 0.6) is 0 Å². The summed E-state index contributed by atoms with van der Waals surface area (Å²) in [5.74, 6) is -11.3. The fourth-order valence-corrected chi connectivity index (χ4v) is 4.94. The Morgan fingerprint density at radius 1 is 0.581 bits per heavy atom. The number of aliphatic carboxylic acids is 2. The lowest BCUT2D eigenvalue weighted by molar-refractivity contribution is -0.141. The summed E-state index contributed by atoms with van der Waals surface area (Å²) < 4.78 is 0. The quantitative estimate of drug-likeness (QED) is 0.0181. The highest BCUT2D eigenvalue weighted by Crippen LogP contribution is 2.10. The zero-order chi connectivity index (χ0) is 47.5. The number of nitrogens with one attached hydrogen (secondary N) is 8. The van der Waals surface area contributed by atoms with Crippen molar-refractivity contribution in [3.63, 3.8) is 0 Å². The molecule has 0 aliphatic heterocycles. The van der Waals surface area contributed by atoms with E-state index in [2.05, 4.69) is 47.2 Å². The van der Waals surface area contributed by atoms with Crippen LogP contribution in [-0.2, 0) is 47.9 Å². The summed E-state index contributed by atoms with van der Waals surface area (Å²) in [5.41, 5.74) is 27.1. The van der Waals surface area contributed by atoms with E-state index in [0.717, 1.165) is 6.92 Å². The highest BCUT2D eigenvalue weighted by Gasteiger charge is 2.32. The lowest BCUT2D eigenvalue weighted by Crippen LogP contribution is -2.58. The summed E-state index contributed by atoms with van der Waals surface area (Å²) in [5, 5.41) is 45.9. The SMILES string of the molecule is CC[C@H](C)[C@H](NC(=O)CNC(=O)[C@@H](N)CCCN=C(N)N)C(=O)N[C@@H](CCCN=C(N)N)C(=O)NCC(=O)N[C@@H](CC(=O)O)C(=O)N[C@@H](CO)C(=O)NCC(=O)N[C@@H](C)C(=O)O. The number of hydrogen-bond acceptors (Lipinski definition) is 14. The van der Waals surface area contributed by atoms with E-state index in [1.807, 2.05) is 5.32 Å². The van der Waals surface area contributed by atoms with Gasteiger partial charge in [0.25, 0.3) is 0 Å². The van der Waals surface area contributed by atoms with Gasteiger partial charge in [0.1, 0.15) is 30.2 Å². The Bertz CT molecular complexity index is 1640. The number of rotatable bonds is 30. The van der Waals surface area contributed by atoms with Crippen molar-refractivity contribution in [2.24, 2.45) is 44.6 Å². The van der Waals surface area contributed by atoms with Crippen LogP contribution in [0.3, 0.4) is 0 Å². The molecule has 0 radical (unpaired) electrons. The molecule has 28 heteroatoms. The monoisotopic (exact) mass is 887 g/mol. The van der Waals surface area contributed by atoms with Gasteiger partial charge >= 0.3 is 11.9 Å². The maximum absolute atomic E-state index is 13.6. The molecule has 0 heterocycles. The first-order valence-electron chi connectivity index (χ1n) is 19.3. The summed E-state index contributed by atoms with van der Waals surface area (Å²) in [4.78, 5) is 132. The van der Waals surface area contributed by atoms with Crippen LogP contribution in [0.4, 0.5) is 0 Å². The lowest BCUT2D eigenvalue weighted by atomic mass is 9.97. The third-order valence-electron chi connectivity index (χ3n) is 8.56. The molecule has 0 aromatic heterocycles. The molecule has 0 aromatic rings. The first-order chi connectivity index (χ1) is 29.0. The van der Waals surface area contributed by atoms with Crippen LogP contribution in [-0.4, -0.2) is 162 Å². The van der Waals surface area contributed by atoms with Gasteiger partial charge in [-0.15, -0.1) is 0 Å². The summed E-state index contributed by atoms with van der Waals surface area (Å²) in [7, 11) is 0. The van der Waals surface area contributed by atoms with Crippen molar-refractivity contribution in [2.45, 2.75) is 95.5 Å². The third kappa shape index (κ3) is 23.7. The van der Waals surface area contributed by atoms with E-state index in [1.54, 1.807) is 13.8 Å². The van der Waals surface area contributed by atoms with E-state index in [0.29, 0.717) is 12.8 Å². The van der Waals surface area contributed by atoms with Crippen molar-refractivity contribution in [1.29, 1.82) is 0 Å². The van der Waals surface area contributed by atoms with Crippen LogP contribution in [0.15, 0.2) is 9.98 Å². The van der Waals surface area contributed by atoms with E-state index in [9.17, 15) is 58.2 Å². The normalized spacial score (nSPS) is 14.0. The molecule has 0 aromatic carbocycles. The number of carboxylic acids is 2. The van der Waals surface area contributed by atoms with E-state index in [4.69, 9.17) is 33.8 Å². The van der Waals surface area contributed by atoms with Gasteiger partial charge in [-0.1, -0.05) is 20.3 Å². The van der Waals surface area contributed by atoms with E-state index in [1.165, 1.54) is 0 Å². The Labute approximate surface area is 356 Å². The standard InChI is InChI=1S/C34H61N15O13/c1-4-16(2)26(49-24(53)14-42-27(56)18(35)7-5-9-40-33(36)37)31(60)47-19(8-6-10-41-34(38)39)28(57)43-13-23(52)46-20(11-25(54)55)30(59)48-21(15-50)29(58)44-12-22(51)45-17(3)32(61)62/h16-21,26,50H,4-15,35H2,1-3H3,(H,42,56)(H,43,57)(H,44,58)(H,45,51)(H,46,52)(H,47,60)(H,48,59)(H,49,53)(H,54,55)(H,61,62)(H4,36,37,40)(H4,38,39,41)/t16-,17-,18-,19-,20-,21-,26-/m0/s1.